The van der Waals surface area contributed by atoms with E-state index in [4.69, 9.17) is 14.2 Å². The molecule has 0 unspecified atom stereocenters. The van der Waals surface area contributed by atoms with Crippen LogP contribution < -0.4 is 9.47 Å². The maximum absolute atomic E-state index is 12.2. The minimum absolute atomic E-state index is 0.00914. The summed E-state index contributed by atoms with van der Waals surface area (Å²) in [4.78, 5) is 38.9. The van der Waals surface area contributed by atoms with Crippen molar-refractivity contribution in [2.45, 2.75) is 6.92 Å². The fraction of sp³-hybridized carbons (Fsp3) is 0.471. The summed E-state index contributed by atoms with van der Waals surface area (Å²) < 4.78 is 15.3. The van der Waals surface area contributed by atoms with Gasteiger partial charge < -0.3 is 24.0 Å². The molecule has 1 fully saturated rings. The molecule has 1 heterocycles. The quantitative estimate of drug-likeness (QED) is 0.721. The Morgan fingerprint density at radius 1 is 1.00 bits per heavy atom. The van der Waals surface area contributed by atoms with E-state index in [2.05, 4.69) is 0 Å². The molecule has 2 amide bonds. The van der Waals surface area contributed by atoms with Crippen LogP contribution >= 0.6 is 0 Å². The molecule has 1 aliphatic heterocycles. The van der Waals surface area contributed by atoms with Crippen LogP contribution in [0.4, 0.5) is 0 Å². The fourth-order valence-corrected chi connectivity index (χ4v) is 2.53. The van der Waals surface area contributed by atoms with E-state index in [0.717, 1.165) is 0 Å². The second-order valence-corrected chi connectivity index (χ2v) is 5.53. The summed E-state index contributed by atoms with van der Waals surface area (Å²) in [5, 5.41) is 0. The van der Waals surface area contributed by atoms with Gasteiger partial charge in [0.1, 0.15) is 17.1 Å². The Labute approximate surface area is 146 Å². The van der Waals surface area contributed by atoms with E-state index >= 15 is 0 Å². The lowest BCUT2D eigenvalue weighted by Gasteiger charge is -2.34. The van der Waals surface area contributed by atoms with Crippen molar-refractivity contribution in [3.8, 4) is 11.5 Å². The third-order valence-electron chi connectivity index (χ3n) is 4.03. The smallest absolute Gasteiger partial charge is 0.342 e. The predicted octanol–water partition coefficient (Wildman–Crippen LogP) is 0.551. The number of hydrogen-bond donors (Lipinski definition) is 0. The zero-order valence-electron chi connectivity index (χ0n) is 14.6. The molecule has 1 aliphatic rings. The Bertz CT molecular complexity index is 653. The Hall–Kier alpha value is -2.77. The SMILES string of the molecule is COc1ccc(C(=O)OCC(=O)N2CCN(C(C)=O)CC2)c(OC)c1. The summed E-state index contributed by atoms with van der Waals surface area (Å²) in [6.45, 7) is 2.99. The normalized spacial score (nSPS) is 14.0. The van der Waals surface area contributed by atoms with Gasteiger partial charge >= 0.3 is 5.97 Å². The van der Waals surface area contributed by atoms with Gasteiger partial charge in [0.15, 0.2) is 6.61 Å². The molecular formula is C17H22N2O6. The fourth-order valence-electron chi connectivity index (χ4n) is 2.53. The molecule has 136 valence electrons. The lowest BCUT2D eigenvalue weighted by Crippen LogP contribution is -2.51. The molecule has 8 heteroatoms. The van der Waals surface area contributed by atoms with E-state index < -0.39 is 5.97 Å². The average molecular weight is 350 g/mol. The highest BCUT2D eigenvalue weighted by Gasteiger charge is 2.24. The number of methoxy groups -OCH3 is 2. The van der Waals surface area contributed by atoms with Crippen LogP contribution in [-0.4, -0.2) is 74.6 Å². The number of carbonyl (C=O) groups is 3. The highest BCUT2D eigenvalue weighted by Crippen LogP contribution is 2.25. The van der Waals surface area contributed by atoms with Crippen molar-refractivity contribution < 1.29 is 28.6 Å². The Balaban J connectivity index is 1.90. The van der Waals surface area contributed by atoms with Gasteiger partial charge in [0.2, 0.25) is 5.91 Å². The first kappa shape index (κ1) is 18.6. The van der Waals surface area contributed by atoms with E-state index in [-0.39, 0.29) is 24.0 Å². The lowest BCUT2D eigenvalue weighted by atomic mass is 10.2. The molecule has 1 saturated heterocycles. The molecule has 8 nitrogen and oxygen atoms in total. The van der Waals surface area contributed by atoms with Crippen molar-refractivity contribution in [1.82, 2.24) is 9.80 Å². The number of carbonyl (C=O) groups excluding carboxylic acids is 3. The van der Waals surface area contributed by atoms with Crippen molar-refractivity contribution in [2.75, 3.05) is 47.0 Å². The number of nitrogens with zero attached hydrogens (tertiary/aromatic N) is 2. The molecule has 0 bridgehead atoms. The maximum atomic E-state index is 12.2. The van der Waals surface area contributed by atoms with Crippen molar-refractivity contribution in [3.63, 3.8) is 0 Å². The average Bonchev–Trinajstić information content (AvgIpc) is 2.65. The molecule has 0 N–H and O–H groups in total. The zero-order valence-corrected chi connectivity index (χ0v) is 14.6. The van der Waals surface area contributed by atoms with Gasteiger partial charge in [-0.2, -0.15) is 0 Å². The lowest BCUT2D eigenvalue weighted by molar-refractivity contribution is -0.140. The molecule has 0 aromatic heterocycles. The molecule has 0 atom stereocenters. The molecule has 0 saturated carbocycles. The Morgan fingerprint density at radius 2 is 1.64 bits per heavy atom. The van der Waals surface area contributed by atoms with Crippen LogP contribution in [0.1, 0.15) is 17.3 Å². The number of esters is 1. The zero-order chi connectivity index (χ0) is 18.4. The van der Waals surface area contributed by atoms with E-state index in [1.807, 2.05) is 0 Å². The highest BCUT2D eigenvalue weighted by molar-refractivity contribution is 5.94. The van der Waals surface area contributed by atoms with Crippen LogP contribution in [0.3, 0.4) is 0 Å². The summed E-state index contributed by atoms with van der Waals surface area (Å²) in [7, 11) is 2.95. The van der Waals surface area contributed by atoms with E-state index in [0.29, 0.717) is 37.7 Å². The topological polar surface area (TPSA) is 85.4 Å². The molecule has 0 radical (unpaired) electrons. The molecule has 2 rings (SSSR count). The monoisotopic (exact) mass is 350 g/mol. The third kappa shape index (κ3) is 4.62. The minimum atomic E-state index is -0.643. The molecular weight excluding hydrogens is 328 g/mol. The number of benzene rings is 1. The maximum Gasteiger partial charge on any atom is 0.342 e. The molecule has 0 aliphatic carbocycles. The number of ether oxygens (including phenoxy) is 3. The van der Waals surface area contributed by atoms with Crippen LogP contribution in [0, 0.1) is 0 Å². The molecule has 1 aromatic rings. The number of amides is 2. The van der Waals surface area contributed by atoms with E-state index in [9.17, 15) is 14.4 Å². The largest absolute Gasteiger partial charge is 0.497 e. The minimum Gasteiger partial charge on any atom is -0.497 e. The summed E-state index contributed by atoms with van der Waals surface area (Å²) in [6, 6.07) is 4.71. The van der Waals surface area contributed by atoms with Gasteiger partial charge in [-0.25, -0.2) is 4.79 Å². The molecule has 25 heavy (non-hydrogen) atoms. The summed E-state index contributed by atoms with van der Waals surface area (Å²) in [6.07, 6.45) is 0. The number of hydrogen-bond acceptors (Lipinski definition) is 6. The van der Waals surface area contributed by atoms with Gasteiger partial charge in [-0.1, -0.05) is 0 Å². The standard InChI is InChI=1S/C17H22N2O6/c1-12(20)18-6-8-19(9-7-18)16(21)11-25-17(22)14-5-4-13(23-2)10-15(14)24-3/h4-5,10H,6-9,11H2,1-3H3. The van der Waals surface area contributed by atoms with Crippen LogP contribution in [0.25, 0.3) is 0 Å². The Kier molecular flexibility index (Phi) is 6.21. The summed E-state index contributed by atoms with van der Waals surface area (Å²) in [5.74, 6) is -0.0796. The van der Waals surface area contributed by atoms with Crippen LogP contribution in [0.5, 0.6) is 11.5 Å². The number of piperazine rings is 1. The first-order valence-electron chi connectivity index (χ1n) is 7.88. The first-order valence-corrected chi connectivity index (χ1v) is 7.88. The second-order valence-electron chi connectivity index (χ2n) is 5.53. The number of rotatable bonds is 5. The van der Waals surface area contributed by atoms with Crippen LogP contribution in [0.2, 0.25) is 0 Å². The van der Waals surface area contributed by atoms with E-state index in [1.165, 1.54) is 27.2 Å². The first-order chi connectivity index (χ1) is 12.0. The van der Waals surface area contributed by atoms with Gasteiger partial charge in [-0.05, 0) is 12.1 Å². The molecule has 0 spiro atoms. The van der Waals surface area contributed by atoms with Gasteiger partial charge in [0, 0.05) is 39.2 Å². The highest BCUT2D eigenvalue weighted by atomic mass is 16.5. The molecule has 1 aromatic carbocycles. The van der Waals surface area contributed by atoms with Crippen molar-refractivity contribution in [1.29, 1.82) is 0 Å². The summed E-state index contributed by atoms with van der Waals surface area (Å²) >= 11 is 0. The van der Waals surface area contributed by atoms with Crippen LogP contribution in [-0.2, 0) is 14.3 Å². The van der Waals surface area contributed by atoms with Crippen molar-refractivity contribution in [3.05, 3.63) is 23.8 Å². The third-order valence-corrected chi connectivity index (χ3v) is 4.03. The van der Waals surface area contributed by atoms with E-state index in [1.54, 1.807) is 21.9 Å². The van der Waals surface area contributed by atoms with Crippen molar-refractivity contribution >= 4 is 17.8 Å². The van der Waals surface area contributed by atoms with Crippen LogP contribution in [0.15, 0.2) is 18.2 Å². The second kappa shape index (κ2) is 8.36. The summed E-state index contributed by atoms with van der Waals surface area (Å²) in [5.41, 5.74) is 0.220. The van der Waals surface area contributed by atoms with Crippen molar-refractivity contribution in [2.24, 2.45) is 0 Å². The predicted molar refractivity (Wildman–Crippen MR) is 88.7 cm³/mol. The van der Waals surface area contributed by atoms with Gasteiger partial charge in [-0.15, -0.1) is 0 Å². The van der Waals surface area contributed by atoms with Gasteiger partial charge in [0.05, 0.1) is 14.2 Å². The Morgan fingerprint density at radius 3 is 2.20 bits per heavy atom. The van der Waals surface area contributed by atoms with Gasteiger partial charge in [-0.3, -0.25) is 9.59 Å². The van der Waals surface area contributed by atoms with Gasteiger partial charge in [0.25, 0.3) is 5.91 Å².